The number of hydrogen-bond donors (Lipinski definition) is 3. The van der Waals surface area contributed by atoms with Crippen LogP contribution in [0, 0.1) is 0 Å². The van der Waals surface area contributed by atoms with Gasteiger partial charge in [-0.3, -0.25) is 24.3 Å². The first kappa shape index (κ1) is 19.6. The van der Waals surface area contributed by atoms with Crippen LogP contribution in [0.25, 0.3) is 5.69 Å². The van der Waals surface area contributed by atoms with Gasteiger partial charge in [-0.05, 0) is 29.8 Å². The number of sulfonamides is 1. The van der Waals surface area contributed by atoms with E-state index in [-0.39, 0.29) is 34.1 Å². The molecule has 3 aromatic rings. The molecule has 9 nitrogen and oxygen atoms in total. The molecule has 1 aromatic heterocycles. The van der Waals surface area contributed by atoms with Crippen molar-refractivity contribution < 1.29 is 18.0 Å². The largest absolute Gasteiger partial charge is 0.384 e. The van der Waals surface area contributed by atoms with Gasteiger partial charge in [-0.25, -0.2) is 13.1 Å². The fraction of sp³-hybridized carbons (Fsp3) is 0.0500. The van der Waals surface area contributed by atoms with Gasteiger partial charge in [0.25, 0.3) is 17.4 Å². The van der Waals surface area contributed by atoms with Crippen molar-refractivity contribution in [3.63, 3.8) is 0 Å². The Morgan fingerprint density at radius 2 is 1.60 bits per heavy atom. The number of imide groups is 1. The molecule has 4 N–H and O–H groups in total. The van der Waals surface area contributed by atoms with E-state index in [1.807, 2.05) is 18.2 Å². The highest BCUT2D eigenvalue weighted by Crippen LogP contribution is 2.23. The Morgan fingerprint density at radius 1 is 0.933 bits per heavy atom. The lowest BCUT2D eigenvalue weighted by Gasteiger charge is -2.13. The van der Waals surface area contributed by atoms with Crippen LogP contribution in [0.5, 0.6) is 0 Å². The van der Waals surface area contributed by atoms with Crippen LogP contribution in [0.1, 0.15) is 26.3 Å². The van der Waals surface area contributed by atoms with Gasteiger partial charge in [0.05, 0.1) is 21.7 Å². The third-order valence-corrected chi connectivity index (χ3v) is 6.08. The van der Waals surface area contributed by atoms with Gasteiger partial charge in [-0.1, -0.05) is 30.3 Å². The molecule has 4 rings (SSSR count). The summed E-state index contributed by atoms with van der Waals surface area (Å²) < 4.78 is 28.6. The number of hydrogen-bond acceptors (Lipinski definition) is 6. The molecule has 0 radical (unpaired) electrons. The number of carbonyl (C=O) groups is 2. The van der Waals surface area contributed by atoms with Gasteiger partial charge in [0.2, 0.25) is 10.0 Å². The summed E-state index contributed by atoms with van der Waals surface area (Å²) in [6.45, 7) is 0.130. The van der Waals surface area contributed by atoms with Crippen molar-refractivity contribution in [2.24, 2.45) is 0 Å². The maximum Gasteiger partial charge on any atom is 0.262 e. The zero-order valence-corrected chi connectivity index (χ0v) is 16.3. The number of carbonyl (C=O) groups excluding carboxylic acids is 2. The van der Waals surface area contributed by atoms with Crippen LogP contribution in [-0.2, 0) is 16.6 Å². The molecule has 30 heavy (non-hydrogen) atoms. The van der Waals surface area contributed by atoms with Crippen molar-refractivity contribution in [3.8, 4) is 5.69 Å². The number of pyridine rings is 1. The Morgan fingerprint density at radius 3 is 2.27 bits per heavy atom. The molecule has 10 heteroatoms. The number of nitrogens with two attached hydrogens (primary N) is 1. The van der Waals surface area contributed by atoms with Crippen LogP contribution < -0.4 is 21.3 Å². The first-order valence-corrected chi connectivity index (χ1v) is 10.3. The van der Waals surface area contributed by atoms with Crippen molar-refractivity contribution in [2.45, 2.75) is 11.4 Å². The molecule has 0 aliphatic carbocycles. The highest BCUT2D eigenvalue weighted by Gasteiger charge is 2.31. The third kappa shape index (κ3) is 3.38. The Kier molecular flexibility index (Phi) is 4.72. The molecular formula is C20H16N4O5S. The molecule has 2 amide bonds. The number of fused-ring (bicyclic) bond motifs is 1. The normalized spacial score (nSPS) is 13.2. The fourth-order valence-corrected chi connectivity index (χ4v) is 4.20. The van der Waals surface area contributed by atoms with Crippen molar-refractivity contribution in [3.05, 3.63) is 87.7 Å². The topological polar surface area (TPSA) is 140 Å². The van der Waals surface area contributed by atoms with E-state index < -0.39 is 27.4 Å². The van der Waals surface area contributed by atoms with Crippen LogP contribution in [0.15, 0.2) is 70.4 Å². The Bertz CT molecular complexity index is 1330. The second kappa shape index (κ2) is 7.25. The summed E-state index contributed by atoms with van der Waals surface area (Å²) in [5.74, 6) is -1.57. The minimum Gasteiger partial charge on any atom is -0.384 e. The smallest absolute Gasteiger partial charge is 0.262 e. The average molecular weight is 424 g/mol. The van der Waals surface area contributed by atoms with Crippen LogP contribution in [0.4, 0.5) is 5.82 Å². The van der Waals surface area contributed by atoms with Gasteiger partial charge in [0, 0.05) is 12.6 Å². The Labute approximate surface area is 171 Å². The van der Waals surface area contributed by atoms with Crippen LogP contribution >= 0.6 is 0 Å². The highest BCUT2D eigenvalue weighted by molar-refractivity contribution is 7.89. The van der Waals surface area contributed by atoms with E-state index in [0.717, 1.165) is 16.2 Å². The molecule has 2 aromatic carbocycles. The van der Waals surface area contributed by atoms with Crippen LogP contribution in [-0.4, -0.2) is 24.8 Å². The number of amides is 2. The number of nitrogen functional groups attached to an aromatic ring is 1. The van der Waals surface area contributed by atoms with Crippen molar-refractivity contribution >= 4 is 27.7 Å². The van der Waals surface area contributed by atoms with Gasteiger partial charge in [0.1, 0.15) is 5.82 Å². The summed E-state index contributed by atoms with van der Waals surface area (Å²) in [6, 6.07) is 15.5. The number of rotatable bonds is 5. The first-order chi connectivity index (χ1) is 14.3. The van der Waals surface area contributed by atoms with Crippen LogP contribution in [0.3, 0.4) is 0 Å². The summed E-state index contributed by atoms with van der Waals surface area (Å²) in [5, 5.41) is 2.09. The number of benzene rings is 2. The summed E-state index contributed by atoms with van der Waals surface area (Å²) >= 11 is 0. The molecule has 2 heterocycles. The monoisotopic (exact) mass is 424 g/mol. The van der Waals surface area contributed by atoms with E-state index in [0.29, 0.717) is 0 Å². The molecule has 0 fully saturated rings. The predicted molar refractivity (Wildman–Crippen MR) is 109 cm³/mol. The quantitative estimate of drug-likeness (QED) is 0.517. The third-order valence-electron chi connectivity index (χ3n) is 4.67. The zero-order chi connectivity index (χ0) is 21.5. The molecule has 0 atom stereocenters. The van der Waals surface area contributed by atoms with E-state index in [2.05, 4.69) is 10.0 Å². The van der Waals surface area contributed by atoms with Gasteiger partial charge < -0.3 is 5.73 Å². The number of nitrogens with zero attached hydrogens (tertiary/aromatic N) is 1. The number of anilines is 1. The Hall–Kier alpha value is -3.76. The van der Waals surface area contributed by atoms with E-state index in [1.54, 1.807) is 12.1 Å². The summed E-state index contributed by atoms with van der Waals surface area (Å²) in [5.41, 5.74) is 6.26. The minimum absolute atomic E-state index is 0.00267. The van der Waals surface area contributed by atoms with Crippen LogP contribution in [0.2, 0.25) is 0 Å². The van der Waals surface area contributed by atoms with E-state index >= 15 is 0 Å². The fourth-order valence-electron chi connectivity index (χ4n) is 3.18. The van der Waals surface area contributed by atoms with Gasteiger partial charge in [-0.15, -0.1) is 0 Å². The van der Waals surface area contributed by atoms with E-state index in [9.17, 15) is 22.8 Å². The number of aromatic nitrogens is 1. The highest BCUT2D eigenvalue weighted by atomic mass is 32.2. The molecule has 0 unspecified atom stereocenters. The molecule has 1 aliphatic heterocycles. The lowest BCUT2D eigenvalue weighted by Crippen LogP contribution is -2.25. The average Bonchev–Trinajstić information content (AvgIpc) is 3.01. The molecule has 1 aliphatic rings. The Balaban J connectivity index is 1.65. The minimum atomic E-state index is -3.78. The van der Waals surface area contributed by atoms with E-state index in [4.69, 9.17) is 5.73 Å². The molecule has 152 valence electrons. The summed E-state index contributed by atoms with van der Waals surface area (Å²) in [7, 11) is -3.78. The van der Waals surface area contributed by atoms with Crippen molar-refractivity contribution in [1.29, 1.82) is 0 Å². The standard InChI is InChI=1S/C20H16N4O5S/c21-18-17-15(19(26)23-20(17)27)10-16(25)24(18)13-6-8-14(9-7-13)30(28,29)22-11-12-4-2-1-3-5-12/h1-10,22H,11,21H2,(H,23,26,27). The van der Waals surface area contributed by atoms with Gasteiger partial charge in [-0.2, -0.15) is 0 Å². The molecule has 0 saturated heterocycles. The molecule has 0 saturated carbocycles. The van der Waals surface area contributed by atoms with Gasteiger partial charge in [0.15, 0.2) is 0 Å². The second-order valence-electron chi connectivity index (χ2n) is 6.58. The predicted octanol–water partition coefficient (Wildman–Crippen LogP) is 0.782. The molecular weight excluding hydrogens is 408 g/mol. The number of nitrogens with one attached hydrogen (secondary N) is 2. The first-order valence-electron chi connectivity index (χ1n) is 8.83. The SMILES string of the molecule is Nc1c2c(cc(=O)n1-c1ccc(S(=O)(=O)NCc3ccccc3)cc1)C(=O)NC2=O. The zero-order valence-electron chi connectivity index (χ0n) is 15.5. The lowest BCUT2D eigenvalue weighted by molar-refractivity contribution is 0.0880. The van der Waals surface area contributed by atoms with Crippen molar-refractivity contribution in [2.75, 3.05) is 5.73 Å². The maximum atomic E-state index is 12.5. The summed E-state index contributed by atoms with van der Waals surface area (Å²) in [6.07, 6.45) is 0. The van der Waals surface area contributed by atoms with E-state index in [1.165, 1.54) is 24.3 Å². The van der Waals surface area contributed by atoms with Gasteiger partial charge >= 0.3 is 0 Å². The maximum absolute atomic E-state index is 12.5. The second-order valence-corrected chi connectivity index (χ2v) is 8.35. The van der Waals surface area contributed by atoms with Crippen molar-refractivity contribution in [1.82, 2.24) is 14.6 Å². The molecule has 0 spiro atoms. The summed E-state index contributed by atoms with van der Waals surface area (Å²) in [4.78, 5) is 36.1. The molecule has 0 bridgehead atoms. The lowest BCUT2D eigenvalue weighted by atomic mass is 10.1.